The third kappa shape index (κ3) is 4.63. The normalized spacial score (nSPS) is 14.4. The quantitative estimate of drug-likeness (QED) is 0.638. The van der Waals surface area contributed by atoms with E-state index in [1.165, 1.54) is 34.9 Å². The van der Waals surface area contributed by atoms with E-state index in [1.807, 2.05) is 24.4 Å². The smallest absolute Gasteiger partial charge is 0.268 e. The summed E-state index contributed by atoms with van der Waals surface area (Å²) in [4.78, 5) is 28.2. The van der Waals surface area contributed by atoms with Crippen molar-refractivity contribution in [3.8, 4) is 21.9 Å². The molecule has 1 aliphatic rings. The number of hydrogen-bond donors (Lipinski definition) is 1. The lowest BCUT2D eigenvalue weighted by Crippen LogP contribution is -2.37. The van der Waals surface area contributed by atoms with Crippen molar-refractivity contribution in [1.29, 1.82) is 0 Å². The van der Waals surface area contributed by atoms with Crippen molar-refractivity contribution in [2.24, 2.45) is 0 Å². The zero-order chi connectivity index (χ0) is 20.2. The number of amides is 1. The van der Waals surface area contributed by atoms with Gasteiger partial charge in [0.15, 0.2) is 5.76 Å². The summed E-state index contributed by atoms with van der Waals surface area (Å²) in [5.74, 6) is 0.261. The second kappa shape index (κ2) is 8.71. The zero-order valence-corrected chi connectivity index (χ0v) is 17.1. The second-order valence-corrected chi connectivity index (χ2v) is 8.06. The lowest BCUT2D eigenvalue weighted by Gasteiger charge is -2.15. The van der Waals surface area contributed by atoms with Crippen molar-refractivity contribution in [3.63, 3.8) is 0 Å². The molecule has 4 heterocycles. The Morgan fingerprint density at radius 3 is 2.83 bits per heavy atom. The highest BCUT2D eigenvalue weighted by molar-refractivity contribution is 7.13. The van der Waals surface area contributed by atoms with Crippen LogP contribution in [0.2, 0.25) is 0 Å². The first kappa shape index (κ1) is 19.5. The summed E-state index contributed by atoms with van der Waals surface area (Å²) in [5, 5.41) is 13.2. The minimum Gasteiger partial charge on any atom is -0.356 e. The number of carbonyl (C=O) groups excluding carboxylic acids is 1. The van der Waals surface area contributed by atoms with Crippen molar-refractivity contribution < 1.29 is 9.32 Å². The third-order valence-electron chi connectivity index (χ3n) is 4.89. The minimum absolute atomic E-state index is 0.118. The summed E-state index contributed by atoms with van der Waals surface area (Å²) in [6.45, 7) is 5.28. The van der Waals surface area contributed by atoms with Gasteiger partial charge in [-0.2, -0.15) is 5.10 Å². The molecule has 152 valence electrons. The SMILES string of the molecule is Cc1cc(-c2cc(=O)n(CC(=O)NCCN3CCCC3)nc2-c2cccs2)on1. The summed E-state index contributed by atoms with van der Waals surface area (Å²) in [6.07, 6.45) is 2.44. The monoisotopic (exact) mass is 413 g/mol. The number of aryl methyl sites for hydroxylation is 1. The van der Waals surface area contributed by atoms with E-state index >= 15 is 0 Å². The Balaban J connectivity index is 1.53. The van der Waals surface area contributed by atoms with Gasteiger partial charge in [-0.05, 0) is 44.3 Å². The van der Waals surface area contributed by atoms with Crippen LogP contribution in [0.3, 0.4) is 0 Å². The number of nitrogens with zero attached hydrogens (tertiary/aromatic N) is 4. The molecule has 29 heavy (non-hydrogen) atoms. The lowest BCUT2D eigenvalue weighted by atomic mass is 10.1. The number of rotatable bonds is 7. The summed E-state index contributed by atoms with van der Waals surface area (Å²) in [6, 6.07) is 7.06. The van der Waals surface area contributed by atoms with Gasteiger partial charge in [-0.15, -0.1) is 11.3 Å². The highest BCUT2D eigenvalue weighted by Gasteiger charge is 2.18. The van der Waals surface area contributed by atoms with E-state index in [4.69, 9.17) is 4.52 Å². The Bertz CT molecular complexity index is 1030. The molecule has 1 N–H and O–H groups in total. The fraction of sp³-hybridized carbons (Fsp3) is 0.400. The van der Waals surface area contributed by atoms with Gasteiger partial charge >= 0.3 is 0 Å². The molecule has 3 aromatic rings. The molecule has 1 amide bonds. The summed E-state index contributed by atoms with van der Waals surface area (Å²) in [5.41, 5.74) is 1.53. The van der Waals surface area contributed by atoms with Crippen LogP contribution in [-0.2, 0) is 11.3 Å². The number of nitrogens with one attached hydrogen (secondary N) is 1. The maximum absolute atomic E-state index is 12.6. The molecule has 9 heteroatoms. The summed E-state index contributed by atoms with van der Waals surface area (Å²) >= 11 is 1.51. The van der Waals surface area contributed by atoms with Crippen LogP contribution in [0.1, 0.15) is 18.5 Å². The highest BCUT2D eigenvalue weighted by atomic mass is 32.1. The molecule has 0 unspecified atom stereocenters. The Morgan fingerprint density at radius 2 is 2.14 bits per heavy atom. The van der Waals surface area contributed by atoms with Crippen LogP contribution >= 0.6 is 11.3 Å². The minimum atomic E-state index is -0.357. The molecule has 8 nitrogen and oxygen atoms in total. The molecule has 0 spiro atoms. The molecule has 1 aliphatic heterocycles. The maximum Gasteiger partial charge on any atom is 0.268 e. The zero-order valence-electron chi connectivity index (χ0n) is 16.3. The van der Waals surface area contributed by atoms with Gasteiger partial charge in [0.05, 0.1) is 16.1 Å². The van der Waals surface area contributed by atoms with Crippen LogP contribution in [-0.4, -0.2) is 51.9 Å². The molecule has 1 fully saturated rings. The number of carbonyl (C=O) groups is 1. The van der Waals surface area contributed by atoms with Crippen LogP contribution < -0.4 is 10.9 Å². The van der Waals surface area contributed by atoms with Gasteiger partial charge in [-0.1, -0.05) is 11.2 Å². The van der Waals surface area contributed by atoms with Crippen molar-refractivity contribution in [2.75, 3.05) is 26.2 Å². The van der Waals surface area contributed by atoms with Crippen molar-refractivity contribution in [1.82, 2.24) is 25.2 Å². The highest BCUT2D eigenvalue weighted by Crippen LogP contribution is 2.32. The summed E-state index contributed by atoms with van der Waals surface area (Å²) in [7, 11) is 0. The van der Waals surface area contributed by atoms with Gasteiger partial charge in [0, 0.05) is 25.2 Å². The standard InChI is InChI=1S/C20H23N5O3S/c1-14-11-16(28-23-14)15-12-19(27)25(22-20(15)17-5-4-10-29-17)13-18(26)21-6-9-24-7-2-3-8-24/h4-5,10-12H,2-3,6-9,13H2,1H3,(H,21,26). The van der Waals surface area contributed by atoms with Crippen molar-refractivity contribution in [2.45, 2.75) is 26.3 Å². The molecule has 0 aliphatic carbocycles. The Morgan fingerprint density at radius 1 is 1.31 bits per heavy atom. The Kier molecular flexibility index (Phi) is 5.86. The van der Waals surface area contributed by atoms with Gasteiger partial charge in [0.2, 0.25) is 5.91 Å². The number of likely N-dealkylation sites (tertiary alicyclic amines) is 1. The maximum atomic E-state index is 12.6. The van der Waals surface area contributed by atoms with E-state index < -0.39 is 0 Å². The van der Waals surface area contributed by atoms with E-state index in [0.29, 0.717) is 23.6 Å². The van der Waals surface area contributed by atoms with Gasteiger partial charge < -0.3 is 14.7 Å². The van der Waals surface area contributed by atoms with Crippen LogP contribution in [0.15, 0.2) is 39.0 Å². The van der Waals surface area contributed by atoms with Crippen molar-refractivity contribution in [3.05, 3.63) is 45.7 Å². The van der Waals surface area contributed by atoms with E-state index in [1.54, 1.807) is 6.07 Å². The lowest BCUT2D eigenvalue weighted by molar-refractivity contribution is -0.121. The van der Waals surface area contributed by atoms with Gasteiger partial charge in [-0.3, -0.25) is 9.59 Å². The molecule has 0 radical (unpaired) electrons. The van der Waals surface area contributed by atoms with Gasteiger partial charge in [0.25, 0.3) is 5.56 Å². The third-order valence-corrected chi connectivity index (χ3v) is 5.76. The largest absolute Gasteiger partial charge is 0.356 e. The van der Waals surface area contributed by atoms with Gasteiger partial charge in [-0.25, -0.2) is 4.68 Å². The average Bonchev–Trinajstić information content (AvgIpc) is 3.45. The first-order valence-electron chi connectivity index (χ1n) is 9.69. The molecular weight excluding hydrogens is 390 g/mol. The number of thiophene rings is 1. The fourth-order valence-electron chi connectivity index (χ4n) is 3.43. The first-order valence-corrected chi connectivity index (χ1v) is 10.6. The van der Waals surface area contributed by atoms with E-state index in [0.717, 1.165) is 30.2 Å². The van der Waals surface area contributed by atoms with Gasteiger partial charge in [0.1, 0.15) is 12.2 Å². The Labute approximate surface area is 172 Å². The number of hydrogen-bond acceptors (Lipinski definition) is 7. The fourth-order valence-corrected chi connectivity index (χ4v) is 4.15. The molecule has 4 rings (SSSR count). The molecular formula is C20H23N5O3S. The molecule has 0 atom stereocenters. The van der Waals surface area contributed by atoms with E-state index in [2.05, 4.69) is 20.5 Å². The van der Waals surface area contributed by atoms with Crippen LogP contribution in [0.5, 0.6) is 0 Å². The molecule has 1 saturated heterocycles. The van der Waals surface area contributed by atoms with Crippen LogP contribution in [0, 0.1) is 6.92 Å². The first-order chi connectivity index (χ1) is 14.1. The second-order valence-electron chi connectivity index (χ2n) is 7.11. The Hall–Kier alpha value is -2.78. The average molecular weight is 414 g/mol. The topological polar surface area (TPSA) is 93.3 Å². The summed E-state index contributed by atoms with van der Waals surface area (Å²) < 4.78 is 6.55. The van der Waals surface area contributed by atoms with E-state index in [-0.39, 0.29) is 18.0 Å². The predicted octanol–water partition coefficient (Wildman–Crippen LogP) is 2.15. The molecule has 3 aromatic heterocycles. The van der Waals surface area contributed by atoms with Crippen LogP contribution in [0.25, 0.3) is 21.9 Å². The molecule has 0 saturated carbocycles. The number of aromatic nitrogens is 3. The van der Waals surface area contributed by atoms with E-state index in [9.17, 15) is 9.59 Å². The molecule has 0 aromatic carbocycles. The predicted molar refractivity (Wildman–Crippen MR) is 111 cm³/mol. The molecule has 0 bridgehead atoms. The van der Waals surface area contributed by atoms with Crippen molar-refractivity contribution >= 4 is 17.2 Å². The van der Waals surface area contributed by atoms with Crippen LogP contribution in [0.4, 0.5) is 0 Å².